The van der Waals surface area contributed by atoms with Crippen molar-refractivity contribution in [3.63, 3.8) is 0 Å². The molecule has 6 heteroatoms. The number of fused-ring (bicyclic) bond motifs is 1. The number of nitrogens with zero attached hydrogens (tertiary/aromatic N) is 2. The molecule has 0 spiro atoms. The quantitative estimate of drug-likeness (QED) is 0.742. The summed E-state index contributed by atoms with van der Waals surface area (Å²) in [4.78, 5) is 32.9. The second-order valence-electron chi connectivity index (χ2n) is 5.63. The zero-order valence-corrected chi connectivity index (χ0v) is 13.9. The number of pyridine rings is 2. The van der Waals surface area contributed by atoms with E-state index in [9.17, 15) is 9.59 Å². The second kappa shape index (κ2) is 6.84. The van der Waals surface area contributed by atoms with Gasteiger partial charge in [0.25, 0.3) is 5.56 Å². The van der Waals surface area contributed by atoms with E-state index in [-0.39, 0.29) is 17.9 Å². The highest BCUT2D eigenvalue weighted by atomic mass is 35.5. The van der Waals surface area contributed by atoms with Gasteiger partial charge in [0.2, 0.25) is 5.91 Å². The van der Waals surface area contributed by atoms with Crippen LogP contribution < -0.4 is 5.56 Å². The van der Waals surface area contributed by atoms with Crippen LogP contribution in [0.1, 0.15) is 11.1 Å². The first-order valence-corrected chi connectivity index (χ1v) is 7.86. The van der Waals surface area contributed by atoms with Crippen molar-refractivity contribution in [1.82, 2.24) is 14.9 Å². The molecule has 5 nitrogen and oxygen atoms in total. The largest absolute Gasteiger partial charge is 0.341 e. The summed E-state index contributed by atoms with van der Waals surface area (Å²) >= 11 is 5.75. The van der Waals surface area contributed by atoms with Gasteiger partial charge in [-0.15, -0.1) is 0 Å². The first kappa shape index (κ1) is 16.2. The van der Waals surface area contributed by atoms with Crippen molar-refractivity contribution in [3.05, 3.63) is 75.3 Å². The number of carbonyl (C=O) groups is 1. The number of amides is 1. The fourth-order valence-electron chi connectivity index (χ4n) is 2.48. The first-order chi connectivity index (χ1) is 11.5. The Hall–Kier alpha value is -2.66. The van der Waals surface area contributed by atoms with Crippen LogP contribution in [0, 0.1) is 0 Å². The molecule has 0 aliphatic heterocycles. The Morgan fingerprint density at radius 2 is 2.04 bits per heavy atom. The van der Waals surface area contributed by atoms with Crippen LogP contribution in [0.5, 0.6) is 0 Å². The van der Waals surface area contributed by atoms with Gasteiger partial charge in [-0.1, -0.05) is 35.9 Å². The highest BCUT2D eigenvalue weighted by Gasteiger charge is 2.13. The van der Waals surface area contributed by atoms with E-state index >= 15 is 0 Å². The Morgan fingerprint density at radius 3 is 2.79 bits per heavy atom. The third-order valence-electron chi connectivity index (χ3n) is 3.81. The van der Waals surface area contributed by atoms with Crippen LogP contribution in [-0.2, 0) is 17.8 Å². The van der Waals surface area contributed by atoms with Crippen molar-refractivity contribution in [2.45, 2.75) is 13.0 Å². The summed E-state index contributed by atoms with van der Waals surface area (Å²) < 4.78 is 0. The van der Waals surface area contributed by atoms with Crippen molar-refractivity contribution >= 4 is 28.4 Å². The predicted octanol–water partition coefficient (Wildman–Crippen LogP) is 2.78. The van der Waals surface area contributed by atoms with E-state index in [4.69, 9.17) is 11.6 Å². The van der Waals surface area contributed by atoms with Gasteiger partial charge < -0.3 is 9.88 Å². The lowest BCUT2D eigenvalue weighted by molar-refractivity contribution is -0.129. The highest BCUT2D eigenvalue weighted by molar-refractivity contribution is 6.29. The van der Waals surface area contributed by atoms with Crippen LogP contribution >= 0.6 is 11.6 Å². The van der Waals surface area contributed by atoms with Gasteiger partial charge in [-0.3, -0.25) is 9.59 Å². The first-order valence-electron chi connectivity index (χ1n) is 7.48. The van der Waals surface area contributed by atoms with E-state index in [2.05, 4.69) is 9.97 Å². The molecule has 0 bridgehead atoms. The lowest BCUT2D eigenvalue weighted by atomic mass is 10.1. The summed E-state index contributed by atoms with van der Waals surface area (Å²) in [6, 6.07) is 12.8. The van der Waals surface area contributed by atoms with Gasteiger partial charge in [0.05, 0.1) is 6.42 Å². The van der Waals surface area contributed by atoms with Crippen molar-refractivity contribution < 1.29 is 4.79 Å². The zero-order valence-electron chi connectivity index (χ0n) is 13.1. The minimum Gasteiger partial charge on any atom is -0.341 e. The zero-order chi connectivity index (χ0) is 17.1. The van der Waals surface area contributed by atoms with E-state index in [1.54, 1.807) is 30.3 Å². The van der Waals surface area contributed by atoms with Crippen molar-refractivity contribution in [2.24, 2.45) is 0 Å². The second-order valence-corrected chi connectivity index (χ2v) is 6.01. The number of hydrogen-bond donors (Lipinski definition) is 1. The van der Waals surface area contributed by atoms with Gasteiger partial charge in [-0.2, -0.15) is 0 Å². The van der Waals surface area contributed by atoms with Crippen LogP contribution in [0.2, 0.25) is 5.15 Å². The molecule has 0 aliphatic carbocycles. The van der Waals surface area contributed by atoms with Crippen LogP contribution in [0.25, 0.3) is 10.9 Å². The van der Waals surface area contributed by atoms with Crippen LogP contribution in [0.15, 0.2) is 53.5 Å². The molecule has 0 radical (unpaired) electrons. The number of aromatic nitrogens is 2. The molecule has 2 aromatic heterocycles. The number of H-pyrrole nitrogens is 1. The molecule has 0 aliphatic rings. The summed E-state index contributed by atoms with van der Waals surface area (Å²) in [5.74, 6) is -0.134. The smallest absolute Gasteiger partial charge is 0.252 e. The van der Waals surface area contributed by atoms with Gasteiger partial charge in [0.15, 0.2) is 0 Å². The average Bonchev–Trinajstić information content (AvgIpc) is 2.57. The Balaban J connectivity index is 1.75. The predicted molar refractivity (Wildman–Crippen MR) is 94.0 cm³/mol. The van der Waals surface area contributed by atoms with Crippen LogP contribution in [-0.4, -0.2) is 27.8 Å². The molecule has 3 rings (SSSR count). The van der Waals surface area contributed by atoms with E-state index in [1.165, 1.54) is 0 Å². The Bertz CT molecular complexity index is 935. The number of likely N-dealkylation sites (N-methyl/N-ethyl adjacent to an activating group) is 1. The molecule has 1 amide bonds. The lowest BCUT2D eigenvalue weighted by Crippen LogP contribution is -2.29. The van der Waals surface area contributed by atoms with E-state index in [0.29, 0.717) is 17.3 Å². The Kier molecular flexibility index (Phi) is 4.62. The van der Waals surface area contributed by atoms with Crippen molar-refractivity contribution in [3.8, 4) is 0 Å². The summed E-state index contributed by atoms with van der Waals surface area (Å²) in [7, 11) is 1.70. The molecular weight excluding hydrogens is 326 g/mol. The summed E-state index contributed by atoms with van der Waals surface area (Å²) in [6.45, 7) is 0.411. The summed E-state index contributed by atoms with van der Waals surface area (Å²) in [5, 5.41) is 1.32. The standard InChI is InChI=1S/C18H16ClN3O2/c1-22(11-12-6-7-16(19)20-10-12)17(23)9-14-8-13-4-2-3-5-15(13)21-18(14)24/h2-8,10H,9,11H2,1H3,(H,21,24). The lowest BCUT2D eigenvalue weighted by Gasteiger charge is -2.17. The molecule has 122 valence electrons. The topological polar surface area (TPSA) is 66.1 Å². The van der Waals surface area contributed by atoms with E-state index < -0.39 is 0 Å². The fourth-order valence-corrected chi connectivity index (χ4v) is 2.60. The summed E-state index contributed by atoms with van der Waals surface area (Å²) in [6.07, 6.45) is 1.69. The summed E-state index contributed by atoms with van der Waals surface area (Å²) in [5.41, 5.74) is 1.87. The Morgan fingerprint density at radius 1 is 1.25 bits per heavy atom. The molecule has 3 aromatic rings. The molecule has 1 N–H and O–H groups in total. The van der Waals surface area contributed by atoms with Gasteiger partial charge in [0, 0.05) is 30.9 Å². The Labute approximate surface area is 143 Å². The molecule has 24 heavy (non-hydrogen) atoms. The van der Waals surface area contributed by atoms with Gasteiger partial charge in [0.1, 0.15) is 5.15 Å². The minimum atomic E-state index is -0.233. The maximum absolute atomic E-state index is 12.4. The normalized spacial score (nSPS) is 10.8. The van der Waals surface area contributed by atoms with Gasteiger partial charge in [-0.25, -0.2) is 4.98 Å². The van der Waals surface area contributed by atoms with Crippen molar-refractivity contribution in [2.75, 3.05) is 7.05 Å². The van der Waals surface area contributed by atoms with Crippen molar-refractivity contribution in [1.29, 1.82) is 0 Å². The molecule has 0 saturated carbocycles. The molecule has 1 aromatic carbocycles. The van der Waals surface area contributed by atoms with E-state index in [1.807, 2.05) is 30.3 Å². The average molecular weight is 342 g/mol. The minimum absolute atomic E-state index is 0.0533. The molecular formula is C18H16ClN3O2. The maximum atomic E-state index is 12.4. The third kappa shape index (κ3) is 3.63. The fraction of sp³-hybridized carbons (Fsp3) is 0.167. The number of hydrogen-bond acceptors (Lipinski definition) is 3. The number of nitrogens with one attached hydrogen (secondary N) is 1. The van der Waals surface area contributed by atoms with Gasteiger partial charge in [-0.05, 0) is 29.1 Å². The molecule has 0 unspecified atom stereocenters. The molecule has 0 fully saturated rings. The molecule has 0 saturated heterocycles. The monoisotopic (exact) mass is 341 g/mol. The number of rotatable bonds is 4. The number of para-hydroxylation sites is 1. The molecule has 0 atom stereocenters. The number of halogens is 1. The third-order valence-corrected chi connectivity index (χ3v) is 4.03. The van der Waals surface area contributed by atoms with Gasteiger partial charge >= 0.3 is 0 Å². The molecule has 2 heterocycles. The maximum Gasteiger partial charge on any atom is 0.252 e. The van der Waals surface area contributed by atoms with E-state index in [0.717, 1.165) is 16.5 Å². The SMILES string of the molecule is CN(Cc1ccc(Cl)nc1)C(=O)Cc1cc2ccccc2[nH]c1=O. The highest BCUT2D eigenvalue weighted by Crippen LogP contribution is 2.12. The number of aromatic amines is 1. The number of benzene rings is 1. The number of carbonyl (C=O) groups excluding carboxylic acids is 1. The van der Waals surface area contributed by atoms with Crippen LogP contribution in [0.3, 0.4) is 0 Å². The van der Waals surface area contributed by atoms with Crippen LogP contribution in [0.4, 0.5) is 0 Å².